The molecule has 0 aromatic carbocycles. The van der Waals surface area contributed by atoms with Gasteiger partial charge in [-0.25, -0.2) is 0 Å². The van der Waals surface area contributed by atoms with E-state index in [-0.39, 0.29) is 74.5 Å². The molecule has 0 saturated heterocycles. The van der Waals surface area contributed by atoms with Crippen LogP contribution in [0.25, 0.3) is 0 Å². The van der Waals surface area contributed by atoms with Gasteiger partial charge in [-0.15, -0.1) is 0 Å². The van der Waals surface area contributed by atoms with Crippen LogP contribution in [0.4, 0.5) is 0 Å². The molecule has 38 valence electrons. The Bertz CT molecular complexity index is 31.5. The van der Waals surface area contributed by atoms with Crippen LogP contribution < -0.4 is 65.4 Å². The molecule has 0 bridgehead atoms. The van der Waals surface area contributed by atoms with Crippen molar-refractivity contribution >= 4 is 0 Å². The summed E-state index contributed by atoms with van der Waals surface area (Å²) >= 11 is 0. The van der Waals surface area contributed by atoms with E-state index in [4.69, 9.17) is 18.6 Å². The Morgan fingerprint density at radius 1 is 1.29 bits per heavy atom. The Kier molecular flexibility index (Phi) is 15.3. The first-order valence-electron chi connectivity index (χ1n) is 0.632. The zero-order valence-corrected chi connectivity index (χ0v) is 8.99. The summed E-state index contributed by atoms with van der Waals surface area (Å²) < 4.78 is 32.7. The fourth-order valence-electron chi connectivity index (χ4n) is 0. The molecule has 0 spiro atoms. The van der Waals surface area contributed by atoms with Gasteiger partial charge in [0, 0.05) is 21.7 Å². The zero-order chi connectivity index (χ0) is 4.50. The predicted octanol–water partition coefficient (Wildman–Crippen LogP) is -7.01. The number of halogens is 1. The third kappa shape index (κ3) is 57.9. The minimum atomic E-state index is -4.69. The predicted molar refractivity (Wildman–Crippen MR) is 3.33 cm³/mol. The van der Waals surface area contributed by atoms with Crippen molar-refractivity contribution in [3.63, 3.8) is 0 Å². The van der Waals surface area contributed by atoms with E-state index in [1.165, 1.54) is 0 Å². The molecule has 0 heterocycles. The molecule has 0 aromatic rings. The van der Waals surface area contributed by atoms with Crippen molar-refractivity contribution in [2.75, 3.05) is 0 Å². The summed E-state index contributed by atoms with van der Waals surface area (Å²) in [4.78, 5) is 0. The molecule has 1 N–H and O–H groups in total. The van der Waals surface area contributed by atoms with E-state index < -0.39 is 10.2 Å². The fraction of sp³-hybridized carbons (Fsp3) is 0. The van der Waals surface area contributed by atoms with Gasteiger partial charge < -0.3 is 1.43 Å². The molecule has 4 nitrogen and oxygen atoms in total. The maximum atomic E-state index is 8.60. The summed E-state index contributed by atoms with van der Waals surface area (Å²) in [5.41, 5.74) is 0. The van der Waals surface area contributed by atoms with Crippen LogP contribution in [0.15, 0.2) is 0 Å². The molecular weight excluding hydrogens is 186 g/mol. The Morgan fingerprint density at radius 3 is 1.29 bits per heavy atom. The first-order valence-corrected chi connectivity index (χ1v) is 1.90. The fourth-order valence-corrected chi connectivity index (χ4v) is 0. The van der Waals surface area contributed by atoms with Crippen molar-refractivity contribution in [2.24, 2.45) is 0 Å². The number of hydrogen-bond acceptors (Lipinski definition) is 4. The van der Waals surface area contributed by atoms with Crippen LogP contribution in [0.2, 0.25) is 0 Å². The molecule has 7 heteroatoms. The van der Waals surface area contributed by atoms with Gasteiger partial charge in [-0.3, -0.25) is 0 Å². The molecule has 0 aliphatic rings. The van der Waals surface area contributed by atoms with Crippen molar-refractivity contribution in [1.82, 2.24) is 0 Å². The van der Waals surface area contributed by atoms with Crippen LogP contribution in [0.3, 0.4) is 0 Å². The van der Waals surface area contributed by atoms with Crippen LogP contribution in [-0.4, -0.2) is 4.66 Å². The number of rotatable bonds is 0. The summed E-state index contributed by atoms with van der Waals surface area (Å²) in [5.74, 6) is 0. The Labute approximate surface area is 101 Å². The van der Waals surface area contributed by atoms with Crippen molar-refractivity contribution in [3.8, 4) is 0 Å². The first-order chi connectivity index (χ1) is 2.00. The van der Waals surface area contributed by atoms with Gasteiger partial charge in [-0.05, 0) is 0 Å². The SMILES string of the molecule is [H-].[K+].[O-][Cl+3]([O-])([O-])O.[Ti]. The second-order valence-electron chi connectivity index (χ2n) is 0.396. The normalized spacial score (nSPS) is 8.57. The number of hydrogen-bond donors (Lipinski definition) is 1. The summed E-state index contributed by atoms with van der Waals surface area (Å²) in [5, 5.41) is 0. The van der Waals surface area contributed by atoms with Gasteiger partial charge in [0.1, 0.15) is 0 Å². The monoisotopic (exact) mass is 188 g/mol. The molecule has 0 amide bonds. The van der Waals surface area contributed by atoms with Crippen molar-refractivity contribution < 1.29 is 103 Å². The molecule has 0 radical (unpaired) electrons. The van der Waals surface area contributed by atoms with Crippen LogP contribution in [0.1, 0.15) is 1.43 Å². The third-order valence-corrected chi connectivity index (χ3v) is 0. The standard InChI is InChI=1S/ClHO4.K.Ti.H/c2-1(3,4)5;;;/h(H,2,3,4,5);;;/q;+1;;-1. The Hall–Kier alpha value is 2.48. The molecule has 0 aliphatic carbocycles. The molecule has 7 heavy (non-hydrogen) atoms. The molecular formula is H2ClKO4Ti. The van der Waals surface area contributed by atoms with Gasteiger partial charge in [0.05, 0.1) is 14.9 Å². The van der Waals surface area contributed by atoms with Crippen LogP contribution in [0, 0.1) is 10.2 Å². The van der Waals surface area contributed by atoms with Gasteiger partial charge >= 0.3 is 51.4 Å². The minimum absolute atomic E-state index is 0. The van der Waals surface area contributed by atoms with Crippen LogP contribution in [-0.2, 0) is 21.7 Å². The molecule has 0 aliphatic heterocycles. The van der Waals surface area contributed by atoms with Gasteiger partial charge in [-0.2, -0.15) is 14.0 Å². The third-order valence-electron chi connectivity index (χ3n) is 0. The van der Waals surface area contributed by atoms with E-state index in [1.807, 2.05) is 0 Å². The van der Waals surface area contributed by atoms with Crippen LogP contribution >= 0.6 is 0 Å². The van der Waals surface area contributed by atoms with Crippen molar-refractivity contribution in [1.29, 1.82) is 0 Å². The van der Waals surface area contributed by atoms with Crippen molar-refractivity contribution in [2.45, 2.75) is 0 Å². The maximum Gasteiger partial charge on any atom is 1.00 e. The quantitative estimate of drug-likeness (QED) is 0.383. The van der Waals surface area contributed by atoms with E-state index in [1.54, 1.807) is 0 Å². The van der Waals surface area contributed by atoms with Gasteiger partial charge in [-0.1, -0.05) is 0 Å². The smallest absolute Gasteiger partial charge is 1.00 e. The largest absolute Gasteiger partial charge is 1.00 e. The van der Waals surface area contributed by atoms with Gasteiger partial charge in [0.25, 0.3) is 0 Å². The first kappa shape index (κ1) is 16.2. The topological polar surface area (TPSA) is 89.4 Å². The molecule has 0 unspecified atom stereocenters. The minimum Gasteiger partial charge on any atom is -1.00 e. The van der Waals surface area contributed by atoms with E-state index in [2.05, 4.69) is 0 Å². The maximum absolute atomic E-state index is 8.60. The van der Waals surface area contributed by atoms with E-state index >= 15 is 0 Å². The molecule has 0 atom stereocenters. The van der Waals surface area contributed by atoms with E-state index in [0.29, 0.717) is 0 Å². The van der Waals surface area contributed by atoms with Crippen molar-refractivity contribution in [3.05, 3.63) is 0 Å². The molecule has 0 rings (SSSR count). The van der Waals surface area contributed by atoms with E-state index in [0.717, 1.165) is 0 Å². The van der Waals surface area contributed by atoms with Crippen LogP contribution in [0.5, 0.6) is 0 Å². The summed E-state index contributed by atoms with van der Waals surface area (Å²) in [6.45, 7) is 0. The second-order valence-corrected chi connectivity index (χ2v) is 1.19. The summed E-state index contributed by atoms with van der Waals surface area (Å²) in [6.07, 6.45) is 0. The molecule has 0 aromatic heterocycles. The van der Waals surface area contributed by atoms with E-state index in [9.17, 15) is 0 Å². The summed E-state index contributed by atoms with van der Waals surface area (Å²) in [6, 6.07) is 0. The molecule has 0 fully saturated rings. The molecule has 0 saturated carbocycles. The van der Waals surface area contributed by atoms with Gasteiger partial charge in [0.15, 0.2) is 0 Å². The van der Waals surface area contributed by atoms with Gasteiger partial charge in [0.2, 0.25) is 0 Å². The average Bonchev–Trinajstić information content (AvgIpc) is 0.722. The second kappa shape index (κ2) is 6.60. The zero-order valence-electron chi connectivity index (χ0n) is 4.55. The summed E-state index contributed by atoms with van der Waals surface area (Å²) in [7, 11) is -4.69. The Balaban J connectivity index is -0.0000000267. The Morgan fingerprint density at radius 2 is 1.29 bits per heavy atom. The average molecular weight is 188 g/mol.